The molecule has 0 spiro atoms. The van der Waals surface area contributed by atoms with Crippen molar-refractivity contribution < 1.29 is 21.7 Å². The van der Waals surface area contributed by atoms with Gasteiger partial charge in [-0.05, 0) is 79.3 Å². The van der Waals surface area contributed by atoms with Gasteiger partial charge in [-0.3, -0.25) is 4.79 Å². The van der Waals surface area contributed by atoms with Gasteiger partial charge in [0.05, 0.1) is 36.2 Å². The van der Waals surface area contributed by atoms with Gasteiger partial charge in [0.25, 0.3) is 5.91 Å². The molecule has 5 aliphatic rings. The lowest BCUT2D eigenvalue weighted by molar-refractivity contribution is -0.946. The predicted octanol–water partition coefficient (Wildman–Crippen LogP) is 5.37. The minimum atomic E-state index is -0.0794. The second-order valence-electron chi connectivity index (χ2n) is 13.6. The lowest BCUT2D eigenvalue weighted by Crippen LogP contribution is -3.00. The fourth-order valence-electron chi connectivity index (χ4n) is 8.81. The van der Waals surface area contributed by atoms with E-state index >= 15 is 0 Å². The van der Waals surface area contributed by atoms with Crippen LogP contribution in [0, 0.1) is 25.2 Å². The maximum atomic E-state index is 13.8. The smallest absolute Gasteiger partial charge is 0.254 e. The maximum Gasteiger partial charge on any atom is 0.254 e. The number of fused-ring (bicyclic) bond motifs is 3. The fraction of sp³-hybridized carbons (Fsp3) is 0.618. The lowest BCUT2D eigenvalue weighted by Gasteiger charge is -2.58. The number of hydrogen-bond donors (Lipinski definition) is 0. The third-order valence-corrected chi connectivity index (χ3v) is 12.5. The minimum Gasteiger partial charge on any atom is -1.00 e. The van der Waals surface area contributed by atoms with Crippen LogP contribution in [0.2, 0.25) is 10.0 Å². The van der Waals surface area contributed by atoms with E-state index in [1.165, 1.54) is 93.2 Å². The number of nitrogens with zero attached hydrogens (tertiary/aromatic N) is 2. The van der Waals surface area contributed by atoms with Gasteiger partial charge in [0.2, 0.25) is 0 Å². The predicted molar refractivity (Wildman–Crippen MR) is 162 cm³/mol. The number of benzene rings is 2. The molecule has 1 unspecified atom stereocenters. The van der Waals surface area contributed by atoms with Gasteiger partial charge in [-0.25, -0.2) is 0 Å². The Morgan fingerprint density at radius 2 is 1.65 bits per heavy atom. The van der Waals surface area contributed by atoms with E-state index in [-0.39, 0.29) is 23.7 Å². The van der Waals surface area contributed by atoms with Gasteiger partial charge >= 0.3 is 0 Å². The molecule has 3 nitrogen and oxygen atoms in total. The molecule has 1 amide bonds. The first-order valence-corrected chi connectivity index (χ1v) is 16.2. The maximum absolute atomic E-state index is 13.8. The minimum absolute atomic E-state index is 0. The molecule has 7 rings (SSSR count). The molecule has 1 atom stereocenters. The molecule has 218 valence electrons. The number of hydrogen-bond acceptors (Lipinski definition) is 1. The number of quaternary nitrogens is 1. The Morgan fingerprint density at radius 1 is 0.950 bits per heavy atom. The summed E-state index contributed by atoms with van der Waals surface area (Å²) in [6, 6.07) is 12.3. The molecule has 2 bridgehead atoms. The highest BCUT2D eigenvalue weighted by Gasteiger charge is 2.53. The molecule has 1 saturated carbocycles. The second kappa shape index (κ2) is 11.8. The van der Waals surface area contributed by atoms with Crippen molar-refractivity contribution in [1.82, 2.24) is 4.90 Å². The summed E-state index contributed by atoms with van der Waals surface area (Å²) in [6.07, 6.45) is 13.7. The molecular formula is C34H45Cl3N2O. The molecule has 4 heterocycles. The molecule has 5 fully saturated rings. The van der Waals surface area contributed by atoms with Gasteiger partial charge in [0.15, 0.2) is 0 Å². The van der Waals surface area contributed by atoms with Crippen LogP contribution < -0.4 is 12.4 Å². The van der Waals surface area contributed by atoms with Crippen molar-refractivity contribution in [3.63, 3.8) is 0 Å². The Bertz CT molecular complexity index is 1220. The van der Waals surface area contributed by atoms with E-state index in [0.29, 0.717) is 15.5 Å². The summed E-state index contributed by atoms with van der Waals surface area (Å²) in [5.74, 6) is 1.15. The molecule has 0 aromatic heterocycles. The van der Waals surface area contributed by atoms with Gasteiger partial charge in [-0.2, -0.15) is 0 Å². The molecule has 6 heteroatoms. The molecule has 0 radical (unpaired) electrons. The molecule has 4 aliphatic heterocycles. The van der Waals surface area contributed by atoms with Crippen LogP contribution in [0.25, 0.3) is 0 Å². The summed E-state index contributed by atoms with van der Waals surface area (Å²) in [4.78, 5) is 15.9. The Kier molecular flexibility index (Phi) is 8.90. The van der Waals surface area contributed by atoms with Gasteiger partial charge in [-0.1, -0.05) is 60.7 Å². The van der Waals surface area contributed by atoms with Crippen LogP contribution in [0.5, 0.6) is 0 Å². The molecule has 2 aromatic rings. The van der Waals surface area contributed by atoms with Crippen molar-refractivity contribution in [1.29, 1.82) is 0 Å². The highest BCUT2D eigenvalue weighted by Crippen LogP contribution is 2.53. The summed E-state index contributed by atoms with van der Waals surface area (Å²) in [7, 11) is 0. The first kappa shape index (κ1) is 30.2. The van der Waals surface area contributed by atoms with Crippen LogP contribution in [0.3, 0.4) is 0 Å². The summed E-state index contributed by atoms with van der Waals surface area (Å²) in [6.45, 7) is 10.9. The molecule has 4 saturated heterocycles. The Labute approximate surface area is 257 Å². The zero-order chi connectivity index (χ0) is 27.3. The zero-order valence-corrected chi connectivity index (χ0v) is 26.6. The summed E-state index contributed by atoms with van der Waals surface area (Å²) >= 11 is 12.9. The van der Waals surface area contributed by atoms with E-state index in [9.17, 15) is 4.79 Å². The Morgan fingerprint density at radius 3 is 2.33 bits per heavy atom. The average molecular weight is 604 g/mol. The molecule has 0 N–H and O–H groups in total. The van der Waals surface area contributed by atoms with Gasteiger partial charge in [0.1, 0.15) is 0 Å². The molecule has 2 aromatic carbocycles. The first-order valence-electron chi connectivity index (χ1n) is 15.4. The van der Waals surface area contributed by atoms with E-state index in [0.717, 1.165) is 43.0 Å². The summed E-state index contributed by atoms with van der Waals surface area (Å²) < 4.78 is 1.28. The van der Waals surface area contributed by atoms with E-state index in [4.69, 9.17) is 23.2 Å². The first-order chi connectivity index (χ1) is 18.7. The Hall–Kier alpha value is -1.26. The van der Waals surface area contributed by atoms with Crippen molar-refractivity contribution in [3.05, 3.63) is 68.7 Å². The number of rotatable bonds is 6. The van der Waals surface area contributed by atoms with E-state index < -0.39 is 0 Å². The second-order valence-corrected chi connectivity index (χ2v) is 14.4. The van der Waals surface area contributed by atoms with Gasteiger partial charge < -0.3 is 21.8 Å². The highest BCUT2D eigenvalue weighted by molar-refractivity contribution is 6.42. The van der Waals surface area contributed by atoms with Crippen molar-refractivity contribution in [2.45, 2.75) is 83.5 Å². The SMILES string of the molecule is Cc1cccc(C(=O)N2CCC(CC[N+]34CCC(C5CCCCC5)(CC3)CC4)(c3ccc(Cl)c(Cl)c3)C2)c1C.[Cl-]. The van der Waals surface area contributed by atoms with Crippen molar-refractivity contribution in [2.24, 2.45) is 11.3 Å². The number of carbonyl (C=O) groups is 1. The topological polar surface area (TPSA) is 20.3 Å². The van der Waals surface area contributed by atoms with E-state index in [1.54, 1.807) is 0 Å². The largest absolute Gasteiger partial charge is 1.00 e. The zero-order valence-electron chi connectivity index (χ0n) is 24.3. The van der Waals surface area contributed by atoms with Gasteiger partial charge in [0, 0.05) is 49.8 Å². The van der Waals surface area contributed by atoms with E-state index in [2.05, 4.69) is 36.9 Å². The van der Waals surface area contributed by atoms with Crippen LogP contribution >= 0.6 is 23.2 Å². The molecular weight excluding hydrogens is 559 g/mol. The third kappa shape index (κ3) is 5.46. The number of aryl methyl sites for hydroxylation is 1. The summed E-state index contributed by atoms with van der Waals surface area (Å²) in [5.41, 5.74) is 4.92. The number of piperidine rings is 3. The number of amides is 1. The molecule has 40 heavy (non-hydrogen) atoms. The van der Waals surface area contributed by atoms with Crippen molar-refractivity contribution in [2.75, 3.05) is 39.3 Å². The van der Waals surface area contributed by atoms with Gasteiger partial charge in [-0.15, -0.1) is 0 Å². The van der Waals surface area contributed by atoms with Crippen LogP contribution in [0.4, 0.5) is 0 Å². The number of carbonyl (C=O) groups excluding carboxylic acids is 1. The molecule has 1 aliphatic carbocycles. The lowest BCUT2D eigenvalue weighted by atomic mass is 9.59. The Balaban J connectivity index is 0.00000323. The third-order valence-electron chi connectivity index (χ3n) is 11.8. The van der Waals surface area contributed by atoms with Crippen LogP contribution in [0.1, 0.15) is 91.3 Å². The van der Waals surface area contributed by atoms with Crippen LogP contribution in [-0.2, 0) is 5.41 Å². The van der Waals surface area contributed by atoms with Crippen molar-refractivity contribution >= 4 is 29.1 Å². The van der Waals surface area contributed by atoms with Crippen molar-refractivity contribution in [3.8, 4) is 0 Å². The standard InChI is InChI=1S/C34H45Cl2N2O.ClH/c1-25-7-6-10-29(26(25)2)32(39)37-18-13-34(24-37,28-11-12-30(35)31(36)23-28)17-22-38-19-14-33(15-20-38,16-21-38)27-8-4-3-5-9-27;/h6-7,10-12,23,27H,3-5,8-9,13-22,24H2,1-2H3;1H/q+1;/p-1. The van der Waals surface area contributed by atoms with E-state index in [1.807, 2.05) is 18.2 Å². The normalized spacial score (nSPS) is 30.4. The summed E-state index contributed by atoms with van der Waals surface area (Å²) in [5, 5.41) is 1.22. The highest BCUT2D eigenvalue weighted by atomic mass is 35.5. The number of likely N-dealkylation sites (tertiary alicyclic amines) is 1. The van der Waals surface area contributed by atoms with Crippen LogP contribution in [0.15, 0.2) is 36.4 Å². The quantitative estimate of drug-likeness (QED) is 0.407. The van der Waals surface area contributed by atoms with Crippen LogP contribution in [-0.4, -0.2) is 54.6 Å². The average Bonchev–Trinajstić information content (AvgIpc) is 3.42. The number of halogens is 3. The monoisotopic (exact) mass is 602 g/mol. The fourth-order valence-corrected chi connectivity index (χ4v) is 9.11.